The summed E-state index contributed by atoms with van der Waals surface area (Å²) in [7, 11) is 0. The average Bonchev–Trinajstić information content (AvgIpc) is 2.92. The predicted molar refractivity (Wildman–Crippen MR) is 91.3 cm³/mol. The molecule has 2 aromatic carbocycles. The largest absolute Gasteiger partial charge is 0.508 e. The number of hydrogen-bond acceptors (Lipinski definition) is 2. The van der Waals surface area contributed by atoms with Crippen molar-refractivity contribution in [3.63, 3.8) is 0 Å². The molecule has 2 heteroatoms. The van der Waals surface area contributed by atoms with Crippen LogP contribution in [-0.4, -0.2) is 5.11 Å². The summed E-state index contributed by atoms with van der Waals surface area (Å²) in [6, 6.07) is 14.5. The third-order valence-electron chi connectivity index (χ3n) is 3.93. The highest BCUT2D eigenvalue weighted by atomic mass is 32.1. The average molecular weight is 296 g/mol. The molecule has 0 bridgehead atoms. The molecule has 0 spiro atoms. The Hall–Kier alpha value is -1.80. The monoisotopic (exact) mass is 296 g/mol. The summed E-state index contributed by atoms with van der Waals surface area (Å²) in [5, 5.41) is 13.6. The summed E-state index contributed by atoms with van der Waals surface area (Å²) in [5.41, 5.74) is 3.89. The Morgan fingerprint density at radius 1 is 0.952 bits per heavy atom. The molecule has 0 radical (unpaired) electrons. The van der Waals surface area contributed by atoms with Gasteiger partial charge in [0.15, 0.2) is 0 Å². The van der Waals surface area contributed by atoms with Crippen molar-refractivity contribution in [1.82, 2.24) is 0 Å². The van der Waals surface area contributed by atoms with Gasteiger partial charge in [-0.1, -0.05) is 43.7 Å². The Morgan fingerprint density at radius 2 is 1.76 bits per heavy atom. The number of phenols is 1. The molecule has 0 unspecified atom stereocenters. The van der Waals surface area contributed by atoms with Crippen molar-refractivity contribution in [3.8, 4) is 5.75 Å². The van der Waals surface area contributed by atoms with Crippen LogP contribution < -0.4 is 0 Å². The summed E-state index contributed by atoms with van der Waals surface area (Å²) in [4.78, 5) is 0. The lowest BCUT2D eigenvalue weighted by Gasteiger charge is -2.06. The fourth-order valence-electron chi connectivity index (χ4n) is 2.81. The van der Waals surface area contributed by atoms with Crippen LogP contribution in [0.3, 0.4) is 0 Å². The molecule has 0 saturated heterocycles. The Labute approximate surface area is 129 Å². The van der Waals surface area contributed by atoms with Crippen molar-refractivity contribution in [1.29, 1.82) is 0 Å². The Bertz CT molecular complexity index is 728. The highest BCUT2D eigenvalue weighted by Gasteiger charge is 2.11. The van der Waals surface area contributed by atoms with Crippen LogP contribution in [0.25, 0.3) is 10.1 Å². The standard InChI is InChI=1S/C19H20OS/c1-2-6-17-18(20)12-11-16-15(13-21-19(16)17)10-9-14-7-4-3-5-8-14/h3-5,7-8,11-13,20H,2,6,9-10H2,1H3. The summed E-state index contributed by atoms with van der Waals surface area (Å²) in [6.45, 7) is 2.15. The van der Waals surface area contributed by atoms with Gasteiger partial charge < -0.3 is 5.11 Å². The van der Waals surface area contributed by atoms with Crippen molar-refractivity contribution < 1.29 is 5.11 Å². The van der Waals surface area contributed by atoms with E-state index in [4.69, 9.17) is 0 Å². The second-order valence-corrected chi connectivity index (χ2v) is 6.32. The van der Waals surface area contributed by atoms with Gasteiger partial charge in [0.05, 0.1) is 0 Å². The fraction of sp³-hybridized carbons (Fsp3) is 0.263. The van der Waals surface area contributed by atoms with Gasteiger partial charge in [-0.15, -0.1) is 11.3 Å². The van der Waals surface area contributed by atoms with Crippen molar-refractivity contribution in [2.24, 2.45) is 0 Å². The number of aromatic hydroxyl groups is 1. The molecule has 1 nitrogen and oxygen atoms in total. The zero-order chi connectivity index (χ0) is 14.7. The van der Waals surface area contributed by atoms with E-state index in [1.54, 1.807) is 11.3 Å². The second kappa shape index (κ2) is 6.31. The third kappa shape index (κ3) is 2.96. The van der Waals surface area contributed by atoms with Crippen LogP contribution in [0.1, 0.15) is 30.0 Å². The van der Waals surface area contributed by atoms with Crippen LogP contribution in [0.4, 0.5) is 0 Å². The van der Waals surface area contributed by atoms with E-state index in [1.807, 2.05) is 6.07 Å². The third-order valence-corrected chi connectivity index (χ3v) is 5.03. The zero-order valence-electron chi connectivity index (χ0n) is 12.3. The van der Waals surface area contributed by atoms with E-state index >= 15 is 0 Å². The van der Waals surface area contributed by atoms with E-state index in [9.17, 15) is 5.11 Å². The number of hydrogen-bond donors (Lipinski definition) is 1. The molecular formula is C19H20OS. The zero-order valence-corrected chi connectivity index (χ0v) is 13.1. The molecule has 0 aliphatic rings. The molecule has 1 heterocycles. The predicted octanol–water partition coefficient (Wildman–Crippen LogP) is 5.34. The first-order valence-corrected chi connectivity index (χ1v) is 8.42. The molecule has 0 fully saturated rings. The van der Waals surface area contributed by atoms with E-state index < -0.39 is 0 Å². The fourth-order valence-corrected chi connectivity index (χ4v) is 3.99. The van der Waals surface area contributed by atoms with Gasteiger partial charge in [0.1, 0.15) is 5.75 Å². The highest BCUT2D eigenvalue weighted by molar-refractivity contribution is 7.17. The molecule has 0 atom stereocenters. The molecule has 3 rings (SSSR count). The van der Waals surface area contributed by atoms with Gasteiger partial charge in [-0.05, 0) is 53.3 Å². The first-order chi connectivity index (χ1) is 10.3. The number of phenolic OH excluding ortho intramolecular Hbond substituents is 1. The summed E-state index contributed by atoms with van der Waals surface area (Å²) < 4.78 is 1.26. The topological polar surface area (TPSA) is 20.2 Å². The molecule has 0 aliphatic heterocycles. The normalized spacial score (nSPS) is 11.1. The summed E-state index contributed by atoms with van der Waals surface area (Å²) in [5.74, 6) is 0.445. The minimum absolute atomic E-state index is 0.445. The number of rotatable bonds is 5. The van der Waals surface area contributed by atoms with Crippen LogP contribution in [-0.2, 0) is 19.3 Å². The maximum atomic E-state index is 10.1. The van der Waals surface area contributed by atoms with E-state index in [-0.39, 0.29) is 0 Å². The molecule has 3 aromatic rings. The first-order valence-electron chi connectivity index (χ1n) is 7.54. The van der Waals surface area contributed by atoms with Crippen molar-refractivity contribution in [2.45, 2.75) is 32.6 Å². The van der Waals surface area contributed by atoms with E-state index in [0.717, 1.165) is 31.2 Å². The maximum Gasteiger partial charge on any atom is 0.120 e. The molecule has 21 heavy (non-hydrogen) atoms. The van der Waals surface area contributed by atoms with Crippen LogP contribution >= 0.6 is 11.3 Å². The van der Waals surface area contributed by atoms with Gasteiger partial charge in [0, 0.05) is 10.3 Å². The molecule has 1 N–H and O–H groups in total. The Kier molecular flexibility index (Phi) is 4.26. The summed E-state index contributed by atoms with van der Waals surface area (Å²) >= 11 is 1.77. The number of fused-ring (bicyclic) bond motifs is 1. The van der Waals surface area contributed by atoms with E-state index in [2.05, 4.69) is 48.7 Å². The lowest BCUT2D eigenvalue weighted by atomic mass is 10.0. The minimum Gasteiger partial charge on any atom is -0.508 e. The molecule has 0 saturated carbocycles. The van der Waals surface area contributed by atoms with Crippen LogP contribution in [0.5, 0.6) is 5.75 Å². The van der Waals surface area contributed by atoms with Gasteiger partial charge in [-0.3, -0.25) is 0 Å². The number of benzene rings is 2. The quantitative estimate of drug-likeness (QED) is 0.673. The first kappa shape index (κ1) is 14.2. The maximum absolute atomic E-state index is 10.1. The molecule has 0 amide bonds. The van der Waals surface area contributed by atoms with Crippen LogP contribution in [0, 0.1) is 0 Å². The van der Waals surface area contributed by atoms with E-state index in [1.165, 1.54) is 21.2 Å². The van der Waals surface area contributed by atoms with Crippen molar-refractivity contribution in [3.05, 3.63) is 64.5 Å². The van der Waals surface area contributed by atoms with Gasteiger partial charge in [0.25, 0.3) is 0 Å². The Balaban J connectivity index is 1.88. The van der Waals surface area contributed by atoms with Crippen molar-refractivity contribution in [2.75, 3.05) is 0 Å². The van der Waals surface area contributed by atoms with Crippen LogP contribution in [0.2, 0.25) is 0 Å². The highest BCUT2D eigenvalue weighted by Crippen LogP contribution is 2.35. The smallest absolute Gasteiger partial charge is 0.120 e. The van der Waals surface area contributed by atoms with Gasteiger partial charge in [-0.25, -0.2) is 0 Å². The van der Waals surface area contributed by atoms with Gasteiger partial charge in [-0.2, -0.15) is 0 Å². The molecule has 0 aliphatic carbocycles. The lowest BCUT2D eigenvalue weighted by Crippen LogP contribution is -1.90. The molecule has 1 aromatic heterocycles. The van der Waals surface area contributed by atoms with Crippen molar-refractivity contribution >= 4 is 21.4 Å². The Morgan fingerprint density at radius 3 is 2.52 bits per heavy atom. The van der Waals surface area contributed by atoms with Crippen LogP contribution in [0.15, 0.2) is 47.8 Å². The number of aryl methyl sites for hydroxylation is 3. The van der Waals surface area contributed by atoms with Gasteiger partial charge in [0.2, 0.25) is 0 Å². The minimum atomic E-state index is 0.445. The van der Waals surface area contributed by atoms with E-state index in [0.29, 0.717) is 5.75 Å². The molecular weight excluding hydrogens is 276 g/mol. The molecule has 108 valence electrons. The number of thiophene rings is 1. The SMILES string of the molecule is CCCc1c(O)ccc2c(CCc3ccccc3)csc12. The summed E-state index contributed by atoms with van der Waals surface area (Å²) in [6.07, 6.45) is 4.13. The lowest BCUT2D eigenvalue weighted by molar-refractivity contribution is 0.469. The second-order valence-electron chi connectivity index (χ2n) is 5.44. The van der Waals surface area contributed by atoms with Gasteiger partial charge >= 0.3 is 0 Å².